The fourth-order valence-corrected chi connectivity index (χ4v) is 1.08. The van der Waals surface area contributed by atoms with Crippen molar-refractivity contribution in [2.75, 3.05) is 0 Å². The first-order chi connectivity index (χ1) is 5.06. The zero-order chi connectivity index (χ0) is 8.85. The van der Waals surface area contributed by atoms with Gasteiger partial charge in [0.05, 0.1) is 0 Å². The average molecular weight is 155 g/mol. The van der Waals surface area contributed by atoms with E-state index >= 15 is 0 Å². The van der Waals surface area contributed by atoms with Crippen LogP contribution in [0.15, 0.2) is 12.7 Å². The van der Waals surface area contributed by atoms with Crippen LogP contribution in [0, 0.1) is 11.8 Å². The van der Waals surface area contributed by atoms with Crippen molar-refractivity contribution in [1.82, 2.24) is 0 Å². The van der Waals surface area contributed by atoms with Gasteiger partial charge in [-0.15, -0.1) is 6.58 Å². The summed E-state index contributed by atoms with van der Waals surface area (Å²) in [6.45, 7) is 7.70. The van der Waals surface area contributed by atoms with Crippen molar-refractivity contribution in [3.63, 3.8) is 0 Å². The third-order valence-electron chi connectivity index (χ3n) is 1.54. The van der Waals surface area contributed by atoms with Crippen LogP contribution in [0.2, 0.25) is 0 Å². The molecule has 0 fully saturated rings. The predicted molar refractivity (Wildman–Crippen MR) is 42.8 cm³/mol. The standard InChI is InChI=1S/C9H16O2/c1-4-8(5-7(2)3)6-9(10)11/h4,7-8H,1,5-6H2,2-3H3,(H,10,11)/p-1. The lowest BCUT2D eigenvalue weighted by molar-refractivity contribution is -0.306. The van der Waals surface area contributed by atoms with Gasteiger partial charge in [0.1, 0.15) is 0 Å². The molecule has 11 heavy (non-hydrogen) atoms. The van der Waals surface area contributed by atoms with Crippen LogP contribution >= 0.6 is 0 Å². The van der Waals surface area contributed by atoms with E-state index in [1.165, 1.54) is 0 Å². The predicted octanol–water partition coefficient (Wildman–Crippen LogP) is 0.975. The number of carbonyl (C=O) groups is 1. The number of carboxylic acid groups (broad SMARTS) is 1. The largest absolute Gasteiger partial charge is 0.550 e. The van der Waals surface area contributed by atoms with Gasteiger partial charge in [0.2, 0.25) is 0 Å². The van der Waals surface area contributed by atoms with E-state index in [2.05, 4.69) is 20.4 Å². The minimum absolute atomic E-state index is 0.0694. The van der Waals surface area contributed by atoms with Gasteiger partial charge in [-0.2, -0.15) is 0 Å². The van der Waals surface area contributed by atoms with E-state index in [9.17, 15) is 9.90 Å². The lowest BCUT2D eigenvalue weighted by Gasteiger charge is -2.14. The first-order valence-corrected chi connectivity index (χ1v) is 3.88. The highest BCUT2D eigenvalue weighted by Gasteiger charge is 2.06. The number of rotatable bonds is 5. The van der Waals surface area contributed by atoms with E-state index in [1.54, 1.807) is 6.08 Å². The molecule has 0 rings (SSSR count). The van der Waals surface area contributed by atoms with E-state index in [0.29, 0.717) is 5.92 Å². The van der Waals surface area contributed by atoms with Crippen LogP contribution in [0.4, 0.5) is 0 Å². The normalized spacial score (nSPS) is 13.0. The number of hydrogen-bond acceptors (Lipinski definition) is 2. The Labute approximate surface area is 67.9 Å². The average Bonchev–Trinajstić information content (AvgIpc) is 1.84. The van der Waals surface area contributed by atoms with Gasteiger partial charge < -0.3 is 9.90 Å². The number of hydrogen-bond donors (Lipinski definition) is 0. The number of aliphatic carboxylic acids is 1. The summed E-state index contributed by atoms with van der Waals surface area (Å²) in [6, 6.07) is 0. The van der Waals surface area contributed by atoms with Gasteiger partial charge >= 0.3 is 0 Å². The van der Waals surface area contributed by atoms with Crippen LogP contribution in [0.25, 0.3) is 0 Å². The molecule has 0 saturated carbocycles. The third kappa shape index (κ3) is 5.64. The molecule has 2 nitrogen and oxygen atoms in total. The van der Waals surface area contributed by atoms with Crippen molar-refractivity contribution in [2.45, 2.75) is 26.7 Å². The van der Waals surface area contributed by atoms with Crippen LogP contribution in [0.1, 0.15) is 26.7 Å². The SMILES string of the molecule is C=CC(CC(=O)[O-])CC(C)C. The Balaban J connectivity index is 3.76. The highest BCUT2D eigenvalue weighted by Crippen LogP contribution is 2.15. The van der Waals surface area contributed by atoms with E-state index in [-0.39, 0.29) is 12.3 Å². The molecule has 0 aromatic rings. The minimum atomic E-state index is -0.990. The molecule has 0 spiro atoms. The maximum Gasteiger partial charge on any atom is 0.0420 e. The molecule has 1 unspecified atom stereocenters. The van der Waals surface area contributed by atoms with Gasteiger partial charge in [0.25, 0.3) is 0 Å². The Kier molecular flexibility index (Phi) is 4.59. The van der Waals surface area contributed by atoms with E-state index in [0.717, 1.165) is 6.42 Å². The smallest absolute Gasteiger partial charge is 0.0420 e. The fourth-order valence-electron chi connectivity index (χ4n) is 1.08. The van der Waals surface area contributed by atoms with Crippen molar-refractivity contribution >= 4 is 5.97 Å². The van der Waals surface area contributed by atoms with E-state index in [4.69, 9.17) is 0 Å². The van der Waals surface area contributed by atoms with E-state index in [1.807, 2.05) is 0 Å². The van der Waals surface area contributed by atoms with Gasteiger partial charge in [0, 0.05) is 5.97 Å². The Bertz CT molecular complexity index is 138. The second-order valence-corrected chi connectivity index (χ2v) is 3.20. The van der Waals surface area contributed by atoms with Gasteiger partial charge in [-0.05, 0) is 24.7 Å². The maximum absolute atomic E-state index is 10.2. The van der Waals surface area contributed by atoms with Crippen molar-refractivity contribution < 1.29 is 9.90 Å². The first-order valence-electron chi connectivity index (χ1n) is 3.88. The molecular formula is C9H15O2-. The number of carboxylic acids is 1. The molecule has 0 amide bonds. The summed E-state index contributed by atoms with van der Waals surface area (Å²) in [4.78, 5) is 10.2. The van der Waals surface area contributed by atoms with Crippen LogP contribution in [0.5, 0.6) is 0 Å². The number of allylic oxidation sites excluding steroid dienone is 1. The third-order valence-corrected chi connectivity index (χ3v) is 1.54. The zero-order valence-corrected chi connectivity index (χ0v) is 7.17. The van der Waals surface area contributed by atoms with Gasteiger partial charge in [-0.25, -0.2) is 0 Å². The Morgan fingerprint density at radius 1 is 1.64 bits per heavy atom. The molecule has 64 valence electrons. The van der Waals surface area contributed by atoms with Crippen LogP contribution < -0.4 is 5.11 Å². The van der Waals surface area contributed by atoms with Crippen molar-refractivity contribution in [3.05, 3.63) is 12.7 Å². The highest BCUT2D eigenvalue weighted by atomic mass is 16.4. The Morgan fingerprint density at radius 3 is 2.45 bits per heavy atom. The van der Waals surface area contributed by atoms with Crippen molar-refractivity contribution in [1.29, 1.82) is 0 Å². The summed E-state index contributed by atoms with van der Waals surface area (Å²) in [6.07, 6.45) is 2.66. The maximum atomic E-state index is 10.2. The number of carbonyl (C=O) groups excluding carboxylic acids is 1. The van der Waals surface area contributed by atoms with Crippen LogP contribution in [0.3, 0.4) is 0 Å². The molecule has 0 N–H and O–H groups in total. The summed E-state index contributed by atoms with van der Waals surface area (Å²) in [5, 5.41) is 10.2. The highest BCUT2D eigenvalue weighted by molar-refractivity contribution is 5.64. The molecule has 0 aliphatic carbocycles. The van der Waals surface area contributed by atoms with Crippen molar-refractivity contribution in [3.8, 4) is 0 Å². The van der Waals surface area contributed by atoms with Gasteiger partial charge in [-0.3, -0.25) is 0 Å². The molecule has 0 heterocycles. The molecular weight excluding hydrogens is 140 g/mol. The second kappa shape index (κ2) is 4.94. The Morgan fingerprint density at radius 2 is 2.18 bits per heavy atom. The van der Waals surface area contributed by atoms with Crippen molar-refractivity contribution in [2.24, 2.45) is 11.8 Å². The van der Waals surface area contributed by atoms with E-state index < -0.39 is 5.97 Å². The monoisotopic (exact) mass is 155 g/mol. The Hall–Kier alpha value is -0.790. The molecule has 0 bridgehead atoms. The lowest BCUT2D eigenvalue weighted by atomic mass is 9.94. The van der Waals surface area contributed by atoms with Crippen LogP contribution in [-0.4, -0.2) is 5.97 Å². The van der Waals surface area contributed by atoms with Crippen LogP contribution in [-0.2, 0) is 4.79 Å². The summed E-state index contributed by atoms with van der Waals surface area (Å²) in [7, 11) is 0. The molecule has 0 aromatic carbocycles. The quantitative estimate of drug-likeness (QED) is 0.555. The molecule has 1 atom stereocenters. The fraction of sp³-hybridized carbons (Fsp3) is 0.667. The topological polar surface area (TPSA) is 40.1 Å². The summed E-state index contributed by atoms with van der Waals surface area (Å²) < 4.78 is 0. The molecule has 0 aliphatic heterocycles. The van der Waals surface area contributed by atoms with Gasteiger partial charge in [-0.1, -0.05) is 19.9 Å². The lowest BCUT2D eigenvalue weighted by Crippen LogP contribution is -2.25. The second-order valence-electron chi connectivity index (χ2n) is 3.20. The summed E-state index contributed by atoms with van der Waals surface area (Å²) >= 11 is 0. The molecule has 0 saturated heterocycles. The summed E-state index contributed by atoms with van der Waals surface area (Å²) in [5.74, 6) is -0.409. The molecule has 0 radical (unpaired) electrons. The summed E-state index contributed by atoms with van der Waals surface area (Å²) in [5.41, 5.74) is 0. The first kappa shape index (κ1) is 10.2. The van der Waals surface area contributed by atoms with Gasteiger partial charge in [0.15, 0.2) is 0 Å². The molecule has 0 aliphatic rings. The minimum Gasteiger partial charge on any atom is -0.550 e. The zero-order valence-electron chi connectivity index (χ0n) is 7.17. The molecule has 2 heteroatoms. The molecule has 0 aromatic heterocycles.